The van der Waals surface area contributed by atoms with Crippen molar-refractivity contribution in [3.05, 3.63) is 42.0 Å². The Labute approximate surface area is 73.9 Å². The van der Waals surface area contributed by atoms with Crippen molar-refractivity contribution in [1.82, 2.24) is 0 Å². The molecule has 1 aromatic carbocycles. The number of nitrogens with two attached hydrogens (primary N) is 1. The van der Waals surface area contributed by atoms with Crippen LogP contribution in [0.15, 0.2) is 36.4 Å². The fraction of sp³-hybridized carbons (Fsp3) is 0.273. The normalized spacial score (nSPS) is 13.5. The smallest absolute Gasteiger partial charge is 0.0314 e. The molecule has 2 N–H and O–H groups in total. The van der Waals surface area contributed by atoms with Gasteiger partial charge in [0, 0.05) is 5.69 Å². The molecule has 0 fully saturated rings. The maximum atomic E-state index is 5.58. The van der Waals surface area contributed by atoms with E-state index in [0.717, 1.165) is 5.69 Å². The van der Waals surface area contributed by atoms with Gasteiger partial charge in [0.1, 0.15) is 0 Å². The van der Waals surface area contributed by atoms with Gasteiger partial charge in [0.05, 0.1) is 0 Å². The average Bonchev–Trinajstić information content (AvgIpc) is 2.06. The topological polar surface area (TPSA) is 26.0 Å². The Kier molecular flexibility index (Phi) is 2.92. The molecule has 0 saturated carbocycles. The van der Waals surface area contributed by atoms with Crippen molar-refractivity contribution >= 4 is 5.69 Å². The summed E-state index contributed by atoms with van der Waals surface area (Å²) in [5, 5.41) is 0. The van der Waals surface area contributed by atoms with Gasteiger partial charge in [0.25, 0.3) is 0 Å². The van der Waals surface area contributed by atoms with Crippen LogP contribution in [0.2, 0.25) is 0 Å². The van der Waals surface area contributed by atoms with Crippen LogP contribution >= 0.6 is 0 Å². The molecule has 1 unspecified atom stereocenters. The highest BCUT2D eigenvalue weighted by Crippen LogP contribution is 2.17. The van der Waals surface area contributed by atoms with Gasteiger partial charge in [-0.15, -0.1) is 0 Å². The number of anilines is 1. The minimum Gasteiger partial charge on any atom is -0.399 e. The molecule has 12 heavy (non-hydrogen) atoms. The third-order valence-corrected chi connectivity index (χ3v) is 1.94. The fourth-order valence-corrected chi connectivity index (χ4v) is 1.20. The highest BCUT2D eigenvalue weighted by molar-refractivity contribution is 5.40. The molecular weight excluding hydrogens is 146 g/mol. The van der Waals surface area contributed by atoms with Gasteiger partial charge in [0.15, 0.2) is 0 Å². The summed E-state index contributed by atoms with van der Waals surface area (Å²) in [6.45, 7) is 4.21. The minimum atomic E-state index is 0.482. The summed E-state index contributed by atoms with van der Waals surface area (Å²) in [6.07, 6.45) is 4.24. The lowest BCUT2D eigenvalue weighted by molar-refractivity contribution is 0.965. The Morgan fingerprint density at radius 1 is 1.25 bits per heavy atom. The molecule has 1 nitrogen and oxygen atoms in total. The first-order valence-corrected chi connectivity index (χ1v) is 4.22. The van der Waals surface area contributed by atoms with E-state index in [1.165, 1.54) is 5.56 Å². The molecule has 0 aliphatic heterocycles. The van der Waals surface area contributed by atoms with Gasteiger partial charge in [-0.3, -0.25) is 0 Å². The van der Waals surface area contributed by atoms with Crippen LogP contribution in [0.3, 0.4) is 0 Å². The molecule has 0 amide bonds. The largest absolute Gasteiger partial charge is 0.399 e. The summed E-state index contributed by atoms with van der Waals surface area (Å²) < 4.78 is 0. The van der Waals surface area contributed by atoms with Crippen molar-refractivity contribution in [3.63, 3.8) is 0 Å². The van der Waals surface area contributed by atoms with E-state index in [4.69, 9.17) is 5.73 Å². The Hall–Kier alpha value is -1.24. The van der Waals surface area contributed by atoms with Crippen LogP contribution in [0.1, 0.15) is 25.3 Å². The SMILES string of the molecule is CC=CC(C)c1ccc(N)cc1. The maximum Gasteiger partial charge on any atom is 0.0314 e. The van der Waals surface area contributed by atoms with E-state index < -0.39 is 0 Å². The highest BCUT2D eigenvalue weighted by Gasteiger charge is 1.98. The van der Waals surface area contributed by atoms with Crippen LogP contribution in [0.5, 0.6) is 0 Å². The third kappa shape index (κ3) is 2.12. The number of nitrogen functional groups attached to an aromatic ring is 1. The summed E-state index contributed by atoms with van der Waals surface area (Å²) in [4.78, 5) is 0. The molecule has 1 rings (SSSR count). The standard InChI is InChI=1S/C11H15N/c1-3-4-9(2)10-5-7-11(12)8-6-10/h3-9H,12H2,1-2H3. The summed E-state index contributed by atoms with van der Waals surface area (Å²) in [5.41, 5.74) is 7.72. The molecule has 0 spiro atoms. The van der Waals surface area contributed by atoms with Crippen molar-refractivity contribution in [1.29, 1.82) is 0 Å². The monoisotopic (exact) mass is 161 g/mol. The summed E-state index contributed by atoms with van der Waals surface area (Å²) in [5.74, 6) is 0.482. The van der Waals surface area contributed by atoms with E-state index in [1.54, 1.807) is 0 Å². The molecule has 1 atom stereocenters. The number of allylic oxidation sites excluding steroid dienone is 2. The van der Waals surface area contributed by atoms with E-state index in [9.17, 15) is 0 Å². The van der Waals surface area contributed by atoms with E-state index >= 15 is 0 Å². The van der Waals surface area contributed by atoms with Crippen LogP contribution in [0, 0.1) is 0 Å². The summed E-state index contributed by atoms with van der Waals surface area (Å²) in [6, 6.07) is 8.02. The molecule has 0 radical (unpaired) electrons. The number of rotatable bonds is 2. The Bertz CT molecular complexity index is 259. The van der Waals surface area contributed by atoms with Crippen LogP contribution in [0.4, 0.5) is 5.69 Å². The zero-order valence-electron chi connectivity index (χ0n) is 7.62. The zero-order valence-corrected chi connectivity index (χ0v) is 7.62. The number of hydrogen-bond acceptors (Lipinski definition) is 1. The second kappa shape index (κ2) is 3.96. The van der Waals surface area contributed by atoms with Crippen molar-refractivity contribution in [2.45, 2.75) is 19.8 Å². The second-order valence-electron chi connectivity index (χ2n) is 2.98. The van der Waals surface area contributed by atoms with Gasteiger partial charge >= 0.3 is 0 Å². The minimum absolute atomic E-state index is 0.482. The first-order chi connectivity index (χ1) is 5.74. The highest BCUT2D eigenvalue weighted by atomic mass is 14.5. The van der Waals surface area contributed by atoms with Gasteiger partial charge < -0.3 is 5.73 Å². The van der Waals surface area contributed by atoms with Crippen molar-refractivity contribution in [3.8, 4) is 0 Å². The molecule has 0 heterocycles. The number of hydrogen-bond donors (Lipinski definition) is 1. The Morgan fingerprint density at radius 3 is 2.33 bits per heavy atom. The first kappa shape index (κ1) is 8.85. The van der Waals surface area contributed by atoms with Crippen LogP contribution in [-0.4, -0.2) is 0 Å². The summed E-state index contributed by atoms with van der Waals surface area (Å²) in [7, 11) is 0. The molecule has 0 aromatic heterocycles. The van der Waals surface area contributed by atoms with Crippen LogP contribution in [0.25, 0.3) is 0 Å². The Balaban J connectivity index is 2.82. The average molecular weight is 161 g/mol. The lowest BCUT2D eigenvalue weighted by Gasteiger charge is -2.05. The Morgan fingerprint density at radius 2 is 1.83 bits per heavy atom. The van der Waals surface area contributed by atoms with E-state index in [1.807, 2.05) is 19.1 Å². The van der Waals surface area contributed by atoms with E-state index in [2.05, 4.69) is 31.2 Å². The molecule has 64 valence electrons. The molecular formula is C11H15N. The quantitative estimate of drug-likeness (QED) is 0.523. The van der Waals surface area contributed by atoms with E-state index in [-0.39, 0.29) is 0 Å². The predicted molar refractivity (Wildman–Crippen MR) is 54.1 cm³/mol. The van der Waals surface area contributed by atoms with Crippen LogP contribution < -0.4 is 5.73 Å². The van der Waals surface area contributed by atoms with Crippen LogP contribution in [-0.2, 0) is 0 Å². The number of benzene rings is 1. The van der Waals surface area contributed by atoms with Gasteiger partial charge in [0.2, 0.25) is 0 Å². The fourth-order valence-electron chi connectivity index (χ4n) is 1.20. The molecule has 0 bridgehead atoms. The van der Waals surface area contributed by atoms with Gasteiger partial charge in [-0.25, -0.2) is 0 Å². The van der Waals surface area contributed by atoms with Crippen molar-refractivity contribution in [2.24, 2.45) is 0 Å². The summed E-state index contributed by atoms with van der Waals surface area (Å²) >= 11 is 0. The molecule has 0 aliphatic rings. The zero-order chi connectivity index (χ0) is 8.97. The molecule has 0 saturated heterocycles. The third-order valence-electron chi connectivity index (χ3n) is 1.94. The van der Waals surface area contributed by atoms with Gasteiger partial charge in [-0.1, -0.05) is 31.2 Å². The van der Waals surface area contributed by atoms with Crippen molar-refractivity contribution < 1.29 is 0 Å². The lowest BCUT2D eigenvalue weighted by Crippen LogP contribution is -1.90. The maximum absolute atomic E-state index is 5.58. The second-order valence-corrected chi connectivity index (χ2v) is 2.98. The molecule has 0 aliphatic carbocycles. The van der Waals surface area contributed by atoms with Crippen molar-refractivity contribution in [2.75, 3.05) is 5.73 Å². The van der Waals surface area contributed by atoms with E-state index in [0.29, 0.717) is 5.92 Å². The predicted octanol–water partition coefficient (Wildman–Crippen LogP) is 2.95. The molecule has 1 aromatic rings. The lowest BCUT2D eigenvalue weighted by atomic mass is 10.0. The first-order valence-electron chi connectivity index (χ1n) is 4.22. The van der Waals surface area contributed by atoms with Gasteiger partial charge in [-0.05, 0) is 30.5 Å². The molecule has 1 heteroatoms. The van der Waals surface area contributed by atoms with Gasteiger partial charge in [-0.2, -0.15) is 0 Å².